The van der Waals surface area contributed by atoms with Crippen molar-refractivity contribution in [2.75, 3.05) is 18.7 Å². The molecule has 7 nitrogen and oxygen atoms in total. The molecule has 0 aliphatic carbocycles. The molecule has 3 N–H and O–H groups in total. The van der Waals surface area contributed by atoms with E-state index in [0.717, 1.165) is 0 Å². The molecule has 0 bridgehead atoms. The molecule has 3 aromatic rings. The van der Waals surface area contributed by atoms with Crippen LogP contribution in [-0.4, -0.2) is 30.3 Å². The van der Waals surface area contributed by atoms with Crippen LogP contribution >= 0.6 is 22.7 Å². The third-order valence-electron chi connectivity index (χ3n) is 4.27. The minimum absolute atomic E-state index is 0.122. The first kappa shape index (κ1) is 18.5. The highest BCUT2D eigenvalue weighted by atomic mass is 32.1. The van der Waals surface area contributed by atoms with Gasteiger partial charge >= 0.3 is 11.8 Å². The third-order valence-corrected chi connectivity index (χ3v) is 5.97. The van der Waals surface area contributed by atoms with Crippen LogP contribution in [0.25, 0.3) is 0 Å². The van der Waals surface area contributed by atoms with E-state index in [2.05, 4.69) is 10.6 Å². The van der Waals surface area contributed by atoms with Gasteiger partial charge in [-0.25, -0.2) is 0 Å². The maximum Gasteiger partial charge on any atom is 0.313 e. The van der Waals surface area contributed by atoms with Crippen molar-refractivity contribution in [2.45, 2.75) is 5.60 Å². The number of rotatable bonds is 5. The first-order valence-corrected chi connectivity index (χ1v) is 10.2. The molecule has 0 saturated heterocycles. The zero-order chi connectivity index (χ0) is 19.6. The minimum atomic E-state index is -1.40. The van der Waals surface area contributed by atoms with E-state index in [9.17, 15) is 14.7 Å². The van der Waals surface area contributed by atoms with Gasteiger partial charge in [0.05, 0.1) is 6.54 Å². The molecule has 28 heavy (non-hydrogen) atoms. The maximum atomic E-state index is 12.3. The van der Waals surface area contributed by atoms with Crippen LogP contribution < -0.4 is 20.1 Å². The fourth-order valence-electron chi connectivity index (χ4n) is 2.80. The number of benzene rings is 1. The second-order valence-electron chi connectivity index (χ2n) is 6.05. The van der Waals surface area contributed by atoms with Crippen molar-refractivity contribution in [2.24, 2.45) is 0 Å². The average molecular weight is 416 g/mol. The monoisotopic (exact) mass is 416 g/mol. The van der Waals surface area contributed by atoms with Gasteiger partial charge in [-0.05, 0) is 40.4 Å². The molecular weight excluding hydrogens is 400 g/mol. The summed E-state index contributed by atoms with van der Waals surface area (Å²) in [7, 11) is 0. The molecule has 0 fully saturated rings. The number of hydrogen-bond acceptors (Lipinski definition) is 7. The van der Waals surface area contributed by atoms with Crippen LogP contribution in [0.5, 0.6) is 11.5 Å². The Labute approximate surface area is 168 Å². The predicted molar refractivity (Wildman–Crippen MR) is 106 cm³/mol. The smallest absolute Gasteiger partial charge is 0.313 e. The third kappa shape index (κ3) is 3.59. The topological polar surface area (TPSA) is 96.9 Å². The molecule has 0 radical (unpaired) electrons. The Morgan fingerprint density at radius 3 is 2.71 bits per heavy atom. The van der Waals surface area contributed by atoms with Gasteiger partial charge in [0.25, 0.3) is 0 Å². The molecule has 1 aliphatic rings. The van der Waals surface area contributed by atoms with Gasteiger partial charge in [-0.1, -0.05) is 6.07 Å². The van der Waals surface area contributed by atoms with Crippen LogP contribution in [0.3, 0.4) is 0 Å². The van der Waals surface area contributed by atoms with E-state index in [0.29, 0.717) is 27.6 Å². The van der Waals surface area contributed by atoms with Crippen LogP contribution in [0.2, 0.25) is 0 Å². The SMILES string of the molecule is O=C(NC[C@@](O)(c1ccsc1)c1cccs1)C(=O)Nc1ccc2c(c1)OCO2. The van der Waals surface area contributed by atoms with Gasteiger partial charge in [-0.2, -0.15) is 11.3 Å². The predicted octanol–water partition coefficient (Wildman–Crippen LogP) is 2.53. The highest BCUT2D eigenvalue weighted by Gasteiger charge is 2.34. The summed E-state index contributed by atoms with van der Waals surface area (Å²) in [5.74, 6) is -0.595. The van der Waals surface area contributed by atoms with E-state index in [1.54, 1.807) is 30.3 Å². The zero-order valence-corrected chi connectivity index (χ0v) is 16.1. The van der Waals surface area contributed by atoms with Crippen LogP contribution in [0, 0.1) is 0 Å². The first-order valence-electron chi connectivity index (χ1n) is 8.34. The molecule has 4 rings (SSSR count). The summed E-state index contributed by atoms with van der Waals surface area (Å²) in [6, 6.07) is 10.3. The minimum Gasteiger partial charge on any atom is -0.454 e. The van der Waals surface area contributed by atoms with Gasteiger partial charge in [0.15, 0.2) is 11.5 Å². The summed E-state index contributed by atoms with van der Waals surface area (Å²) in [4.78, 5) is 25.2. The molecule has 0 unspecified atom stereocenters. The van der Waals surface area contributed by atoms with Crippen LogP contribution in [-0.2, 0) is 15.2 Å². The van der Waals surface area contributed by atoms with E-state index >= 15 is 0 Å². The van der Waals surface area contributed by atoms with Crippen molar-refractivity contribution in [1.29, 1.82) is 0 Å². The van der Waals surface area contributed by atoms with Gasteiger partial charge in [0.2, 0.25) is 6.79 Å². The second kappa shape index (κ2) is 7.63. The van der Waals surface area contributed by atoms with Crippen LogP contribution in [0.15, 0.2) is 52.5 Å². The van der Waals surface area contributed by atoms with Crippen molar-refractivity contribution < 1.29 is 24.2 Å². The Kier molecular flexibility index (Phi) is 5.03. The summed E-state index contributed by atoms with van der Waals surface area (Å²) in [6.45, 7) is -0.00521. The van der Waals surface area contributed by atoms with Crippen molar-refractivity contribution in [3.05, 3.63) is 63.0 Å². The summed E-state index contributed by atoms with van der Waals surface area (Å²) in [5, 5.41) is 21.8. The van der Waals surface area contributed by atoms with E-state index in [1.807, 2.05) is 22.2 Å². The Bertz CT molecular complexity index is 952. The molecular formula is C19H16N2O5S2. The largest absolute Gasteiger partial charge is 0.454 e. The number of carbonyl (C=O) groups is 2. The van der Waals surface area contributed by atoms with E-state index < -0.39 is 17.4 Å². The molecule has 2 amide bonds. The molecule has 1 aromatic carbocycles. The lowest BCUT2D eigenvalue weighted by atomic mass is 9.94. The molecule has 144 valence electrons. The number of thiophene rings is 2. The molecule has 1 atom stereocenters. The lowest BCUT2D eigenvalue weighted by molar-refractivity contribution is -0.136. The second-order valence-corrected chi connectivity index (χ2v) is 7.78. The fraction of sp³-hybridized carbons (Fsp3) is 0.158. The van der Waals surface area contributed by atoms with Gasteiger partial charge in [0, 0.05) is 22.2 Å². The Morgan fingerprint density at radius 1 is 1.11 bits per heavy atom. The fourth-order valence-corrected chi connectivity index (χ4v) is 4.37. The Morgan fingerprint density at radius 2 is 1.96 bits per heavy atom. The normalized spacial score (nSPS) is 14.3. The summed E-state index contributed by atoms with van der Waals surface area (Å²) < 4.78 is 10.5. The molecule has 9 heteroatoms. The average Bonchev–Trinajstić information content (AvgIpc) is 3.47. The van der Waals surface area contributed by atoms with Crippen LogP contribution in [0.4, 0.5) is 5.69 Å². The molecule has 0 spiro atoms. The van der Waals surface area contributed by atoms with Crippen molar-refractivity contribution in [1.82, 2.24) is 5.32 Å². The Hall–Kier alpha value is -2.88. The van der Waals surface area contributed by atoms with Crippen LogP contribution in [0.1, 0.15) is 10.4 Å². The maximum absolute atomic E-state index is 12.3. The van der Waals surface area contributed by atoms with Gasteiger partial charge in [-0.3, -0.25) is 9.59 Å². The van der Waals surface area contributed by atoms with Crippen molar-refractivity contribution in [3.8, 4) is 11.5 Å². The molecule has 3 heterocycles. The number of carbonyl (C=O) groups excluding carboxylic acids is 2. The molecule has 1 aliphatic heterocycles. The number of aliphatic hydroxyl groups is 1. The highest BCUT2D eigenvalue weighted by Crippen LogP contribution is 2.35. The number of nitrogens with one attached hydrogen (secondary N) is 2. The molecule has 2 aromatic heterocycles. The summed E-state index contributed by atoms with van der Waals surface area (Å²) in [5.41, 5.74) is -0.324. The highest BCUT2D eigenvalue weighted by molar-refractivity contribution is 7.10. The Balaban J connectivity index is 1.43. The van der Waals surface area contributed by atoms with Crippen molar-refractivity contribution in [3.63, 3.8) is 0 Å². The number of fused-ring (bicyclic) bond motifs is 1. The standard InChI is InChI=1S/C19H16N2O5S2/c22-17(18(23)21-13-3-4-14-15(8-13)26-11-25-14)20-10-19(24,12-5-7-27-9-12)16-2-1-6-28-16/h1-9,24H,10-11H2,(H,20,22)(H,21,23)/t19-/m1/s1. The lowest BCUT2D eigenvalue weighted by Gasteiger charge is -2.26. The van der Waals surface area contributed by atoms with E-state index in [-0.39, 0.29) is 13.3 Å². The summed E-state index contributed by atoms with van der Waals surface area (Å²) in [6.07, 6.45) is 0. The first-order chi connectivity index (χ1) is 13.6. The number of anilines is 1. The van der Waals surface area contributed by atoms with Gasteiger partial charge in [0.1, 0.15) is 5.60 Å². The van der Waals surface area contributed by atoms with Crippen molar-refractivity contribution >= 4 is 40.2 Å². The van der Waals surface area contributed by atoms with Gasteiger partial charge < -0.3 is 25.2 Å². The lowest BCUT2D eigenvalue weighted by Crippen LogP contribution is -2.44. The number of hydrogen-bond donors (Lipinski definition) is 3. The quantitative estimate of drug-likeness (QED) is 0.556. The number of ether oxygens (including phenoxy) is 2. The summed E-state index contributed by atoms with van der Waals surface area (Å²) >= 11 is 2.83. The molecule has 0 saturated carbocycles. The van der Waals surface area contributed by atoms with E-state index in [4.69, 9.17) is 9.47 Å². The number of amides is 2. The zero-order valence-electron chi connectivity index (χ0n) is 14.5. The van der Waals surface area contributed by atoms with Gasteiger partial charge in [-0.15, -0.1) is 11.3 Å². The van der Waals surface area contributed by atoms with E-state index in [1.165, 1.54) is 22.7 Å².